The Morgan fingerprint density at radius 2 is 1.83 bits per heavy atom. The van der Waals surface area contributed by atoms with Crippen LogP contribution in [0.15, 0.2) is 42.5 Å². The molecule has 1 aliphatic rings. The van der Waals surface area contributed by atoms with Gasteiger partial charge in [-0.1, -0.05) is 11.6 Å². The van der Waals surface area contributed by atoms with Gasteiger partial charge in [-0.15, -0.1) is 0 Å². The van der Waals surface area contributed by atoms with Crippen molar-refractivity contribution in [1.82, 2.24) is 0 Å². The number of nitrogens with one attached hydrogen (secondary N) is 1. The summed E-state index contributed by atoms with van der Waals surface area (Å²) >= 11 is 6.07. The van der Waals surface area contributed by atoms with Crippen molar-refractivity contribution in [3.8, 4) is 5.75 Å². The zero-order valence-corrected chi connectivity index (χ0v) is 17.9. The van der Waals surface area contributed by atoms with Crippen LogP contribution in [0.5, 0.6) is 5.75 Å². The third-order valence-corrected chi connectivity index (χ3v) is 4.62. The predicted molar refractivity (Wildman–Crippen MR) is 114 cm³/mol. The van der Waals surface area contributed by atoms with Gasteiger partial charge in [0.25, 0.3) is 5.91 Å². The maximum atomic E-state index is 12.8. The van der Waals surface area contributed by atoms with Gasteiger partial charge in [0.2, 0.25) is 5.91 Å². The molecule has 0 aliphatic carbocycles. The monoisotopic (exact) mass is 430 g/mol. The molecule has 0 aromatic heterocycles. The number of nitrogens with zero attached hydrogens (tertiary/aromatic N) is 1. The first-order valence-electron chi connectivity index (χ1n) is 9.48. The van der Waals surface area contributed by atoms with E-state index in [-0.39, 0.29) is 18.6 Å². The van der Waals surface area contributed by atoms with E-state index < -0.39 is 17.5 Å². The molecule has 0 spiro atoms. The number of benzene rings is 2. The molecular formula is C22H23ClN2O5. The van der Waals surface area contributed by atoms with E-state index >= 15 is 0 Å². The number of rotatable bonds is 5. The highest BCUT2D eigenvalue weighted by molar-refractivity contribution is 6.31. The lowest BCUT2D eigenvalue weighted by molar-refractivity contribution is -0.133. The van der Waals surface area contributed by atoms with Crippen molar-refractivity contribution in [2.45, 2.75) is 39.4 Å². The first kappa shape index (κ1) is 21.6. The Balaban J connectivity index is 1.73. The number of carbonyl (C=O) groups is 3. The standard InChI is InChI=1S/C22H23ClN2O5/c1-13(2)29-20(27)14-5-8-16(9-6-14)24-19(26)12-25-17-11-15(23)7-10-18(17)30-22(3,4)21(25)28/h5-11,13H,12H2,1-4H3,(H,24,26). The summed E-state index contributed by atoms with van der Waals surface area (Å²) in [6, 6.07) is 11.3. The molecule has 0 atom stereocenters. The molecule has 0 unspecified atom stereocenters. The number of fused-ring (bicyclic) bond motifs is 1. The number of carbonyl (C=O) groups excluding carboxylic acids is 3. The fraction of sp³-hybridized carbons (Fsp3) is 0.318. The number of hydrogen-bond donors (Lipinski definition) is 1. The Kier molecular flexibility index (Phi) is 6.03. The molecule has 0 fully saturated rings. The fourth-order valence-electron chi connectivity index (χ4n) is 3.01. The number of hydrogen-bond acceptors (Lipinski definition) is 5. The van der Waals surface area contributed by atoms with Gasteiger partial charge in [0, 0.05) is 10.7 Å². The molecular weight excluding hydrogens is 408 g/mol. The molecule has 2 amide bonds. The van der Waals surface area contributed by atoms with Crippen LogP contribution in [0, 0.1) is 0 Å². The van der Waals surface area contributed by atoms with Gasteiger partial charge in [-0.05, 0) is 70.2 Å². The number of ether oxygens (including phenoxy) is 2. The van der Waals surface area contributed by atoms with Crippen LogP contribution in [-0.4, -0.2) is 36.0 Å². The van der Waals surface area contributed by atoms with Gasteiger partial charge >= 0.3 is 5.97 Å². The Morgan fingerprint density at radius 1 is 1.17 bits per heavy atom. The van der Waals surface area contributed by atoms with E-state index in [0.29, 0.717) is 27.7 Å². The van der Waals surface area contributed by atoms with Crippen molar-refractivity contribution in [2.75, 3.05) is 16.8 Å². The zero-order valence-electron chi connectivity index (χ0n) is 17.2. The Morgan fingerprint density at radius 3 is 2.47 bits per heavy atom. The van der Waals surface area contributed by atoms with Crippen molar-refractivity contribution >= 4 is 40.8 Å². The number of halogens is 1. The van der Waals surface area contributed by atoms with Crippen molar-refractivity contribution < 1.29 is 23.9 Å². The molecule has 1 heterocycles. The van der Waals surface area contributed by atoms with Crippen LogP contribution in [-0.2, 0) is 14.3 Å². The smallest absolute Gasteiger partial charge is 0.338 e. The molecule has 0 bridgehead atoms. The minimum atomic E-state index is -1.11. The van der Waals surface area contributed by atoms with Crippen LogP contribution < -0.4 is 15.0 Å². The van der Waals surface area contributed by atoms with Gasteiger partial charge in [-0.2, -0.15) is 0 Å². The van der Waals surface area contributed by atoms with Gasteiger partial charge in [-0.25, -0.2) is 4.79 Å². The molecule has 158 valence electrons. The van der Waals surface area contributed by atoms with Gasteiger partial charge in [0.15, 0.2) is 5.60 Å². The van der Waals surface area contributed by atoms with E-state index in [4.69, 9.17) is 21.1 Å². The lowest BCUT2D eigenvalue weighted by atomic mass is 10.0. The van der Waals surface area contributed by atoms with Crippen LogP contribution in [0.3, 0.4) is 0 Å². The molecule has 1 N–H and O–H groups in total. The maximum absolute atomic E-state index is 12.8. The second-order valence-electron chi connectivity index (χ2n) is 7.70. The van der Waals surface area contributed by atoms with Gasteiger partial charge in [0.1, 0.15) is 12.3 Å². The Hall–Kier alpha value is -3.06. The van der Waals surface area contributed by atoms with Crippen LogP contribution in [0.2, 0.25) is 5.02 Å². The lowest BCUT2D eigenvalue weighted by Gasteiger charge is -2.38. The quantitative estimate of drug-likeness (QED) is 0.723. The van der Waals surface area contributed by atoms with Gasteiger partial charge in [0.05, 0.1) is 17.4 Å². The molecule has 0 radical (unpaired) electrons. The van der Waals surface area contributed by atoms with Crippen LogP contribution in [0.4, 0.5) is 11.4 Å². The molecule has 2 aromatic rings. The zero-order chi connectivity index (χ0) is 22.1. The largest absolute Gasteiger partial charge is 0.476 e. The number of esters is 1. The first-order valence-corrected chi connectivity index (χ1v) is 9.86. The highest BCUT2D eigenvalue weighted by Crippen LogP contribution is 2.39. The summed E-state index contributed by atoms with van der Waals surface area (Å²) in [5.74, 6) is -0.703. The Labute approximate surface area is 179 Å². The van der Waals surface area contributed by atoms with E-state index in [1.54, 1.807) is 70.2 Å². The SMILES string of the molecule is CC(C)OC(=O)c1ccc(NC(=O)CN2C(=O)C(C)(C)Oc3ccc(Cl)cc32)cc1. The van der Waals surface area contributed by atoms with Crippen molar-refractivity contribution in [1.29, 1.82) is 0 Å². The second-order valence-corrected chi connectivity index (χ2v) is 8.13. The summed E-state index contributed by atoms with van der Waals surface area (Å²) < 4.78 is 10.9. The fourth-order valence-corrected chi connectivity index (χ4v) is 3.18. The van der Waals surface area contributed by atoms with Crippen molar-refractivity contribution in [3.63, 3.8) is 0 Å². The number of amides is 2. The Bertz CT molecular complexity index is 986. The summed E-state index contributed by atoms with van der Waals surface area (Å²) in [5, 5.41) is 3.16. The molecule has 0 saturated heterocycles. The summed E-state index contributed by atoms with van der Waals surface area (Å²) in [5.41, 5.74) is 0.205. The molecule has 7 nitrogen and oxygen atoms in total. The van der Waals surface area contributed by atoms with E-state index in [1.165, 1.54) is 4.90 Å². The third kappa shape index (κ3) is 4.74. The van der Waals surface area contributed by atoms with Crippen LogP contribution in [0.1, 0.15) is 38.1 Å². The summed E-state index contributed by atoms with van der Waals surface area (Å²) in [4.78, 5) is 38.7. The minimum Gasteiger partial charge on any atom is -0.476 e. The highest BCUT2D eigenvalue weighted by Gasteiger charge is 2.41. The maximum Gasteiger partial charge on any atom is 0.338 e. The lowest BCUT2D eigenvalue weighted by Crippen LogP contribution is -2.54. The van der Waals surface area contributed by atoms with E-state index in [2.05, 4.69) is 5.32 Å². The third-order valence-electron chi connectivity index (χ3n) is 4.39. The van der Waals surface area contributed by atoms with E-state index in [1.807, 2.05) is 0 Å². The summed E-state index contributed by atoms with van der Waals surface area (Å²) in [7, 11) is 0. The predicted octanol–water partition coefficient (Wildman–Crippen LogP) is 4.05. The van der Waals surface area contributed by atoms with E-state index in [9.17, 15) is 14.4 Å². The molecule has 30 heavy (non-hydrogen) atoms. The summed E-state index contributed by atoms with van der Waals surface area (Å²) in [6.07, 6.45) is -0.219. The first-order chi connectivity index (χ1) is 14.1. The van der Waals surface area contributed by atoms with Crippen molar-refractivity contribution in [3.05, 3.63) is 53.1 Å². The van der Waals surface area contributed by atoms with Crippen LogP contribution >= 0.6 is 11.6 Å². The average Bonchev–Trinajstić information content (AvgIpc) is 2.66. The second kappa shape index (κ2) is 8.36. The average molecular weight is 431 g/mol. The topological polar surface area (TPSA) is 84.9 Å². The van der Waals surface area contributed by atoms with Gasteiger partial charge < -0.3 is 14.8 Å². The normalized spacial score (nSPS) is 14.7. The van der Waals surface area contributed by atoms with Crippen molar-refractivity contribution in [2.24, 2.45) is 0 Å². The molecule has 8 heteroatoms. The minimum absolute atomic E-state index is 0.212. The highest BCUT2D eigenvalue weighted by atomic mass is 35.5. The molecule has 3 rings (SSSR count). The van der Waals surface area contributed by atoms with Gasteiger partial charge in [-0.3, -0.25) is 14.5 Å². The summed E-state index contributed by atoms with van der Waals surface area (Å²) in [6.45, 7) is 6.62. The molecule has 0 saturated carbocycles. The van der Waals surface area contributed by atoms with E-state index in [0.717, 1.165) is 0 Å². The van der Waals surface area contributed by atoms with Crippen LogP contribution in [0.25, 0.3) is 0 Å². The number of anilines is 2. The molecule has 2 aromatic carbocycles. The molecule has 1 aliphatic heterocycles.